The van der Waals surface area contributed by atoms with Gasteiger partial charge in [-0.05, 0) is 58.5 Å². The number of oxazole rings is 1. The molecule has 1 unspecified atom stereocenters. The zero-order valence-electron chi connectivity index (χ0n) is 26.2. The molecule has 0 saturated heterocycles. The minimum Gasteiger partial charge on any atom is -0.435 e. The number of allylic oxidation sites excluding steroid dienone is 9. The number of hydrogen-bond acceptors (Lipinski definition) is 4. The highest BCUT2D eigenvalue weighted by Crippen LogP contribution is 2.55. The predicted octanol–water partition coefficient (Wildman–Crippen LogP) is 10.7. The molecule has 6 aromatic rings. The molecule has 0 bridgehead atoms. The smallest absolute Gasteiger partial charge is 0.246 e. The molecule has 4 aromatic carbocycles. The van der Waals surface area contributed by atoms with Crippen LogP contribution in [0.25, 0.3) is 50.9 Å². The third kappa shape index (κ3) is 4.91. The Bertz CT molecular complexity index is 2220. The van der Waals surface area contributed by atoms with Gasteiger partial charge in [-0.1, -0.05) is 147 Å². The van der Waals surface area contributed by atoms with E-state index >= 15 is 0 Å². The van der Waals surface area contributed by atoms with Crippen LogP contribution in [0.1, 0.15) is 23.6 Å². The Hall–Kier alpha value is -6.13. The summed E-state index contributed by atoms with van der Waals surface area (Å²) in [6, 6.07) is 36.8. The van der Waals surface area contributed by atoms with Crippen molar-refractivity contribution in [2.24, 2.45) is 0 Å². The summed E-state index contributed by atoms with van der Waals surface area (Å²) in [5.41, 5.74) is 10.8. The first-order valence-corrected chi connectivity index (χ1v) is 15.6. The minimum atomic E-state index is -0.628. The molecule has 1 aliphatic rings. The van der Waals surface area contributed by atoms with Crippen molar-refractivity contribution in [1.82, 2.24) is 15.0 Å². The number of hydrogen-bond donors (Lipinski definition) is 0. The number of nitrogens with zero attached hydrogens (tertiary/aromatic N) is 3. The first-order chi connectivity index (χ1) is 23.1. The van der Waals surface area contributed by atoms with Crippen LogP contribution in [0.5, 0.6) is 0 Å². The van der Waals surface area contributed by atoms with E-state index in [0.29, 0.717) is 23.0 Å². The van der Waals surface area contributed by atoms with Crippen LogP contribution in [-0.4, -0.2) is 15.0 Å². The molecule has 1 atom stereocenters. The number of aromatic nitrogens is 3. The molecule has 4 nitrogen and oxygen atoms in total. The largest absolute Gasteiger partial charge is 0.435 e. The molecule has 0 aliphatic heterocycles. The lowest BCUT2D eigenvalue weighted by molar-refractivity contribution is 0.616. The van der Waals surface area contributed by atoms with Crippen LogP contribution in [0.2, 0.25) is 0 Å². The van der Waals surface area contributed by atoms with Gasteiger partial charge in [-0.3, -0.25) is 0 Å². The maximum absolute atomic E-state index is 6.14. The van der Waals surface area contributed by atoms with Crippen LogP contribution in [0.15, 0.2) is 181 Å². The van der Waals surface area contributed by atoms with Crippen molar-refractivity contribution in [3.05, 3.63) is 193 Å². The van der Waals surface area contributed by atoms with E-state index in [4.69, 9.17) is 19.4 Å². The van der Waals surface area contributed by atoms with Gasteiger partial charge in [0.1, 0.15) is 11.2 Å². The number of para-hydroxylation sites is 2. The van der Waals surface area contributed by atoms with Gasteiger partial charge in [0.25, 0.3) is 0 Å². The second-order valence-corrected chi connectivity index (χ2v) is 11.3. The highest BCUT2D eigenvalue weighted by atomic mass is 16.3. The molecular weight excluding hydrogens is 574 g/mol. The lowest BCUT2D eigenvalue weighted by atomic mass is 9.66. The highest BCUT2D eigenvalue weighted by molar-refractivity contribution is 5.92. The van der Waals surface area contributed by atoms with Crippen LogP contribution < -0.4 is 0 Å². The molecule has 2 aromatic heterocycles. The lowest BCUT2D eigenvalue weighted by Gasteiger charge is -2.35. The summed E-state index contributed by atoms with van der Waals surface area (Å²) in [6.07, 6.45) is 12.0. The summed E-state index contributed by atoms with van der Waals surface area (Å²) >= 11 is 0. The molecule has 0 N–H and O–H groups in total. The zero-order valence-corrected chi connectivity index (χ0v) is 26.2. The molecule has 4 heteroatoms. The van der Waals surface area contributed by atoms with Gasteiger partial charge in [0.2, 0.25) is 5.89 Å². The molecule has 2 heterocycles. The second-order valence-electron chi connectivity index (χ2n) is 11.3. The maximum atomic E-state index is 6.14. The van der Waals surface area contributed by atoms with Gasteiger partial charge in [-0.25, -0.2) is 15.0 Å². The summed E-state index contributed by atoms with van der Waals surface area (Å²) in [7, 11) is 0. The maximum Gasteiger partial charge on any atom is 0.246 e. The lowest BCUT2D eigenvalue weighted by Crippen LogP contribution is -2.29. The average Bonchev–Trinajstić information content (AvgIpc) is 3.69. The van der Waals surface area contributed by atoms with Crippen LogP contribution in [0.4, 0.5) is 0 Å². The first kappa shape index (κ1) is 29.6. The summed E-state index contributed by atoms with van der Waals surface area (Å²) in [4.78, 5) is 14.7. The van der Waals surface area contributed by atoms with Crippen molar-refractivity contribution >= 4 is 16.7 Å². The zero-order chi connectivity index (χ0) is 32.4. The van der Waals surface area contributed by atoms with E-state index < -0.39 is 5.41 Å². The third-order valence-electron chi connectivity index (χ3n) is 8.69. The Labute approximate surface area is 275 Å². The quantitative estimate of drug-likeness (QED) is 0.153. The van der Waals surface area contributed by atoms with E-state index in [1.165, 1.54) is 5.56 Å². The first-order valence-electron chi connectivity index (χ1n) is 15.6. The van der Waals surface area contributed by atoms with Gasteiger partial charge in [-0.2, -0.15) is 0 Å². The molecule has 7 rings (SSSR count). The Kier molecular flexibility index (Phi) is 7.76. The van der Waals surface area contributed by atoms with Crippen molar-refractivity contribution in [2.75, 3.05) is 0 Å². The van der Waals surface area contributed by atoms with E-state index in [-0.39, 0.29) is 0 Å². The van der Waals surface area contributed by atoms with Crippen molar-refractivity contribution in [3.8, 4) is 34.2 Å². The molecule has 0 fully saturated rings. The standard InChI is InChI=1S/C43H33N3O/c1-5-16-31(7-3)43(35(17-6-2)33(8-4)34-20-12-13-21-36(34)43)32-26-24-30(25-27-32)41-44-38(29-18-10-9-11-19-29)28-39(45-41)42-46-37-22-14-15-23-40(37)47-42/h5-28H,1,3-4H2,2H3/b17-6-,31-16+. The van der Waals surface area contributed by atoms with Gasteiger partial charge < -0.3 is 4.42 Å². The molecule has 0 saturated carbocycles. The van der Waals surface area contributed by atoms with Crippen LogP contribution in [0, 0.1) is 0 Å². The van der Waals surface area contributed by atoms with Crippen molar-refractivity contribution in [1.29, 1.82) is 0 Å². The Morgan fingerprint density at radius 3 is 2.19 bits per heavy atom. The topological polar surface area (TPSA) is 51.8 Å². The molecule has 0 radical (unpaired) electrons. The highest BCUT2D eigenvalue weighted by Gasteiger charge is 2.46. The third-order valence-corrected chi connectivity index (χ3v) is 8.69. The Balaban J connectivity index is 1.42. The van der Waals surface area contributed by atoms with Gasteiger partial charge in [-0.15, -0.1) is 0 Å². The predicted molar refractivity (Wildman–Crippen MR) is 194 cm³/mol. The van der Waals surface area contributed by atoms with Crippen LogP contribution in [-0.2, 0) is 5.41 Å². The summed E-state index contributed by atoms with van der Waals surface area (Å²) in [5, 5.41) is 0. The Morgan fingerprint density at radius 2 is 1.47 bits per heavy atom. The average molecular weight is 608 g/mol. The fourth-order valence-corrected chi connectivity index (χ4v) is 6.69. The molecule has 0 amide bonds. The van der Waals surface area contributed by atoms with Crippen LogP contribution >= 0.6 is 0 Å². The van der Waals surface area contributed by atoms with Gasteiger partial charge in [0.15, 0.2) is 11.4 Å². The van der Waals surface area contributed by atoms with Gasteiger partial charge in [0.05, 0.1) is 11.1 Å². The van der Waals surface area contributed by atoms with E-state index in [1.807, 2.05) is 91.9 Å². The van der Waals surface area contributed by atoms with E-state index in [9.17, 15) is 0 Å². The van der Waals surface area contributed by atoms with E-state index in [1.54, 1.807) is 0 Å². The van der Waals surface area contributed by atoms with Gasteiger partial charge >= 0.3 is 0 Å². The number of rotatable bonds is 9. The van der Waals surface area contributed by atoms with E-state index in [2.05, 4.69) is 80.4 Å². The minimum absolute atomic E-state index is 0.452. The number of benzene rings is 4. The summed E-state index contributed by atoms with van der Waals surface area (Å²) < 4.78 is 6.14. The fraction of sp³-hybridized carbons (Fsp3) is 0.0465. The fourth-order valence-electron chi connectivity index (χ4n) is 6.69. The molecule has 47 heavy (non-hydrogen) atoms. The van der Waals surface area contributed by atoms with Crippen molar-refractivity contribution in [2.45, 2.75) is 12.3 Å². The number of fused-ring (bicyclic) bond motifs is 2. The summed E-state index contributed by atoms with van der Waals surface area (Å²) in [6.45, 7) is 14.5. The SMILES string of the molecule is C=C/C=C(\C=C)C1(c2ccc(-c3nc(-c4ccccc4)cc(-c4nc5ccccc5o4)n3)cc2)C(/C=C\C)=C(C=C)c2ccccc21. The van der Waals surface area contributed by atoms with Gasteiger partial charge in [0, 0.05) is 11.1 Å². The van der Waals surface area contributed by atoms with Crippen molar-refractivity contribution in [3.63, 3.8) is 0 Å². The second kappa shape index (κ2) is 12.3. The Morgan fingerprint density at radius 1 is 0.745 bits per heavy atom. The molecule has 1 aliphatic carbocycles. The normalized spacial score (nSPS) is 16.1. The van der Waals surface area contributed by atoms with E-state index in [0.717, 1.165) is 50.2 Å². The molecule has 226 valence electrons. The summed E-state index contributed by atoms with van der Waals surface area (Å²) in [5.74, 6) is 1.03. The molecular formula is C43H33N3O. The van der Waals surface area contributed by atoms with Crippen molar-refractivity contribution < 1.29 is 4.42 Å². The molecule has 0 spiro atoms. The van der Waals surface area contributed by atoms with Crippen LogP contribution in [0.3, 0.4) is 0 Å². The monoisotopic (exact) mass is 607 g/mol.